The number of halogens is 2. The molecule has 3 aromatic rings. The quantitative estimate of drug-likeness (QED) is 0.434. The number of amides is 2. The van der Waals surface area contributed by atoms with Crippen molar-refractivity contribution in [3.63, 3.8) is 0 Å². The molecular weight excluding hydrogens is 496 g/mol. The van der Waals surface area contributed by atoms with Crippen molar-refractivity contribution in [2.45, 2.75) is 58.4 Å². The molecule has 0 spiro atoms. The van der Waals surface area contributed by atoms with Gasteiger partial charge in [0, 0.05) is 12.2 Å². The fourth-order valence-electron chi connectivity index (χ4n) is 4.86. The van der Waals surface area contributed by atoms with Crippen molar-refractivity contribution in [1.29, 1.82) is 0 Å². The Morgan fingerprint density at radius 2 is 2.03 bits per heavy atom. The largest absolute Gasteiger partial charge is 0.492 e. The third kappa shape index (κ3) is 4.94. The molecule has 1 aliphatic carbocycles. The Morgan fingerprint density at radius 1 is 1.26 bits per heavy atom. The molecule has 2 aromatic heterocycles. The summed E-state index contributed by atoms with van der Waals surface area (Å²) in [7, 11) is 0. The van der Waals surface area contributed by atoms with Crippen LogP contribution in [0.5, 0.6) is 5.75 Å². The lowest BCUT2D eigenvalue weighted by Crippen LogP contribution is -2.55. The number of rotatable bonds is 7. The number of aliphatic hydroxyl groups is 1. The van der Waals surface area contributed by atoms with Crippen molar-refractivity contribution in [3.8, 4) is 17.0 Å². The number of H-pyrrole nitrogens is 1. The van der Waals surface area contributed by atoms with Crippen LogP contribution in [-0.2, 0) is 4.79 Å². The molecule has 202 valence electrons. The summed E-state index contributed by atoms with van der Waals surface area (Å²) in [6.07, 6.45) is 0.930. The molecule has 3 N–H and O–H groups in total. The molecule has 38 heavy (non-hydrogen) atoms. The van der Waals surface area contributed by atoms with Gasteiger partial charge < -0.3 is 25.0 Å². The van der Waals surface area contributed by atoms with E-state index in [0.717, 1.165) is 12.8 Å². The molecule has 0 bridgehead atoms. The lowest BCUT2D eigenvalue weighted by Gasteiger charge is -2.35. The highest BCUT2D eigenvalue weighted by molar-refractivity contribution is 6.09. The number of nitrogens with zero attached hydrogens (tertiary/aromatic N) is 3. The van der Waals surface area contributed by atoms with Gasteiger partial charge in [-0.1, -0.05) is 6.07 Å². The summed E-state index contributed by atoms with van der Waals surface area (Å²) in [5.41, 5.74) is 2.27. The number of alkyl halides is 1. The van der Waals surface area contributed by atoms with Crippen LogP contribution in [0.4, 0.5) is 8.78 Å². The zero-order valence-corrected chi connectivity index (χ0v) is 21.6. The first kappa shape index (κ1) is 26.0. The molecule has 2 fully saturated rings. The van der Waals surface area contributed by atoms with Crippen LogP contribution in [0.15, 0.2) is 18.5 Å². The number of fused-ring (bicyclic) bond motifs is 1. The summed E-state index contributed by atoms with van der Waals surface area (Å²) in [6, 6.07) is 2.57. The van der Waals surface area contributed by atoms with Crippen LogP contribution < -0.4 is 10.1 Å². The molecule has 2 aliphatic rings. The number of hydrogen-bond acceptors (Lipinski definition) is 6. The highest BCUT2D eigenvalue weighted by atomic mass is 19.1. The SMILES string of the molecule is Cc1ccc(OCC2CC2)c(-c2ncnc3c(C(=O)N[C@H]4CCN(C(=O)[C@H](C)O)C[C@H]4F)c(C)[nH]c23)c1F. The average molecular weight is 528 g/mol. The van der Waals surface area contributed by atoms with Crippen LogP contribution in [0.3, 0.4) is 0 Å². The van der Waals surface area contributed by atoms with Crippen molar-refractivity contribution in [2.75, 3.05) is 19.7 Å². The van der Waals surface area contributed by atoms with Gasteiger partial charge in [-0.3, -0.25) is 9.59 Å². The standard InChI is InChI=1S/C27H31F2N5O4/c1-13-4-7-19(38-11-16-5-6-16)21(22(13)29)24-25-23(30-12-31-24)20(14(2)32-25)26(36)33-18-8-9-34(10-17(18)28)27(37)15(3)35/h4,7,12,15-18,32,35H,5-6,8-11H2,1-3H3,(H,33,36)/t15-,17+,18-/m0/s1. The van der Waals surface area contributed by atoms with Gasteiger partial charge in [0.25, 0.3) is 11.8 Å². The van der Waals surface area contributed by atoms with Crippen molar-refractivity contribution in [1.82, 2.24) is 25.2 Å². The van der Waals surface area contributed by atoms with Crippen molar-refractivity contribution in [3.05, 3.63) is 41.1 Å². The summed E-state index contributed by atoms with van der Waals surface area (Å²) in [5.74, 6) is -0.696. The number of likely N-dealkylation sites (tertiary alicyclic amines) is 1. The van der Waals surface area contributed by atoms with Crippen molar-refractivity contribution < 1.29 is 28.2 Å². The van der Waals surface area contributed by atoms with E-state index in [1.165, 1.54) is 18.2 Å². The summed E-state index contributed by atoms with van der Waals surface area (Å²) < 4.78 is 36.3. The fraction of sp³-hybridized carbons (Fsp3) is 0.481. The highest BCUT2D eigenvalue weighted by Crippen LogP contribution is 2.39. The second-order valence-electron chi connectivity index (χ2n) is 10.2. The maximum Gasteiger partial charge on any atom is 0.255 e. The lowest BCUT2D eigenvalue weighted by atomic mass is 10.0. The van der Waals surface area contributed by atoms with Gasteiger partial charge in [-0.2, -0.15) is 0 Å². The Kier molecular flexibility index (Phi) is 7.04. The first-order valence-corrected chi connectivity index (χ1v) is 12.8. The van der Waals surface area contributed by atoms with E-state index in [-0.39, 0.29) is 41.8 Å². The van der Waals surface area contributed by atoms with E-state index in [2.05, 4.69) is 20.3 Å². The molecule has 3 atom stereocenters. The van der Waals surface area contributed by atoms with E-state index in [0.29, 0.717) is 35.0 Å². The minimum absolute atomic E-state index is 0.198. The predicted octanol–water partition coefficient (Wildman–Crippen LogP) is 3.22. The molecule has 5 rings (SSSR count). The normalized spacial score (nSPS) is 20.4. The van der Waals surface area contributed by atoms with Gasteiger partial charge in [0.05, 0.1) is 35.8 Å². The average Bonchev–Trinajstić information content (AvgIpc) is 3.65. The van der Waals surface area contributed by atoms with E-state index < -0.39 is 35.9 Å². The fourth-order valence-corrected chi connectivity index (χ4v) is 4.86. The number of benzene rings is 1. The van der Waals surface area contributed by atoms with Gasteiger partial charge in [0.2, 0.25) is 0 Å². The topological polar surface area (TPSA) is 120 Å². The monoisotopic (exact) mass is 527 g/mol. The van der Waals surface area contributed by atoms with Crippen LogP contribution in [0.2, 0.25) is 0 Å². The molecular formula is C27H31F2N5O4. The second kappa shape index (κ2) is 10.3. The molecule has 0 unspecified atom stereocenters. The minimum atomic E-state index is -1.50. The Labute approximate surface area is 218 Å². The Bertz CT molecular complexity index is 1390. The molecule has 2 amide bonds. The van der Waals surface area contributed by atoms with E-state index in [9.17, 15) is 19.1 Å². The number of piperidine rings is 1. The molecule has 0 radical (unpaired) electrons. The maximum absolute atomic E-state index is 15.5. The summed E-state index contributed by atoms with van der Waals surface area (Å²) in [4.78, 5) is 38.4. The van der Waals surface area contributed by atoms with Gasteiger partial charge >= 0.3 is 0 Å². The van der Waals surface area contributed by atoms with Gasteiger partial charge in [-0.15, -0.1) is 0 Å². The molecule has 3 heterocycles. The molecule has 9 nitrogen and oxygen atoms in total. The Morgan fingerprint density at radius 3 is 2.71 bits per heavy atom. The summed E-state index contributed by atoms with van der Waals surface area (Å²) >= 11 is 0. The second-order valence-corrected chi connectivity index (χ2v) is 10.2. The number of aliphatic hydroxyl groups excluding tert-OH is 1. The Hall–Kier alpha value is -3.60. The maximum atomic E-state index is 15.5. The molecule has 1 saturated carbocycles. The number of carbonyl (C=O) groups is 2. The van der Waals surface area contributed by atoms with Gasteiger partial charge in [0.15, 0.2) is 0 Å². The number of hydrogen-bond donors (Lipinski definition) is 3. The van der Waals surface area contributed by atoms with Crippen molar-refractivity contribution in [2.24, 2.45) is 5.92 Å². The first-order chi connectivity index (χ1) is 18.2. The number of carbonyl (C=O) groups excluding carboxylic acids is 2. The molecule has 1 saturated heterocycles. The highest BCUT2D eigenvalue weighted by Gasteiger charge is 2.35. The van der Waals surface area contributed by atoms with E-state index in [1.807, 2.05) is 0 Å². The number of aromatic nitrogens is 3. The van der Waals surface area contributed by atoms with Gasteiger partial charge in [-0.05, 0) is 57.6 Å². The van der Waals surface area contributed by atoms with E-state index >= 15 is 4.39 Å². The van der Waals surface area contributed by atoms with Crippen molar-refractivity contribution >= 4 is 22.8 Å². The van der Waals surface area contributed by atoms with Crippen LogP contribution in [0.1, 0.15) is 47.8 Å². The van der Waals surface area contributed by atoms with Crippen LogP contribution in [0.25, 0.3) is 22.3 Å². The van der Waals surface area contributed by atoms with Crippen LogP contribution >= 0.6 is 0 Å². The number of aromatic amines is 1. The third-order valence-corrected chi connectivity index (χ3v) is 7.23. The Balaban J connectivity index is 1.44. The van der Waals surface area contributed by atoms with Crippen LogP contribution in [0, 0.1) is 25.6 Å². The minimum Gasteiger partial charge on any atom is -0.492 e. The van der Waals surface area contributed by atoms with Gasteiger partial charge in [0.1, 0.15) is 41.4 Å². The number of ether oxygens (including phenoxy) is 1. The van der Waals surface area contributed by atoms with Gasteiger partial charge in [-0.25, -0.2) is 18.7 Å². The molecule has 1 aromatic carbocycles. The third-order valence-electron chi connectivity index (χ3n) is 7.23. The first-order valence-electron chi connectivity index (χ1n) is 12.8. The number of nitrogens with one attached hydrogen (secondary N) is 2. The van der Waals surface area contributed by atoms with E-state index in [4.69, 9.17) is 4.74 Å². The zero-order chi connectivity index (χ0) is 27.1. The zero-order valence-electron chi connectivity index (χ0n) is 21.6. The van der Waals surface area contributed by atoms with E-state index in [1.54, 1.807) is 26.0 Å². The summed E-state index contributed by atoms with van der Waals surface area (Å²) in [6.45, 7) is 5.18. The van der Waals surface area contributed by atoms with Crippen LogP contribution in [-0.4, -0.2) is 74.8 Å². The molecule has 11 heteroatoms. The summed E-state index contributed by atoms with van der Waals surface area (Å²) in [5, 5.41) is 12.2. The molecule has 1 aliphatic heterocycles. The predicted molar refractivity (Wildman–Crippen MR) is 136 cm³/mol. The lowest BCUT2D eigenvalue weighted by molar-refractivity contribution is -0.141. The smallest absolute Gasteiger partial charge is 0.255 e. The number of aryl methyl sites for hydroxylation is 2.